The molecular formula is C19H25N. The van der Waals surface area contributed by atoms with E-state index in [9.17, 15) is 0 Å². The van der Waals surface area contributed by atoms with Gasteiger partial charge in [-0.3, -0.25) is 0 Å². The maximum atomic E-state index is 3.43. The molecule has 0 fully saturated rings. The van der Waals surface area contributed by atoms with Crippen molar-refractivity contribution in [2.24, 2.45) is 5.92 Å². The van der Waals surface area contributed by atoms with E-state index in [1.165, 1.54) is 16.8 Å². The summed E-state index contributed by atoms with van der Waals surface area (Å²) in [5.41, 5.74) is 4.06. The molecular weight excluding hydrogens is 242 g/mol. The van der Waals surface area contributed by atoms with Crippen LogP contribution in [0.3, 0.4) is 0 Å². The average molecular weight is 267 g/mol. The second-order valence-corrected chi connectivity index (χ2v) is 5.99. The van der Waals surface area contributed by atoms with Crippen molar-refractivity contribution in [2.75, 3.05) is 5.32 Å². The molecule has 0 bridgehead atoms. The maximum Gasteiger partial charge on any atom is 0.0342 e. The summed E-state index contributed by atoms with van der Waals surface area (Å²) in [6.07, 6.45) is 2.28. The summed E-state index contributed by atoms with van der Waals surface area (Å²) < 4.78 is 0. The molecule has 0 radical (unpaired) electrons. The quantitative estimate of drug-likeness (QED) is 0.782. The van der Waals surface area contributed by atoms with Crippen LogP contribution < -0.4 is 5.32 Å². The van der Waals surface area contributed by atoms with Gasteiger partial charge in [0.15, 0.2) is 0 Å². The molecule has 0 spiro atoms. The Morgan fingerprint density at radius 1 is 0.750 bits per heavy atom. The number of nitrogens with one attached hydrogen (secondary N) is 1. The molecule has 1 unspecified atom stereocenters. The van der Waals surface area contributed by atoms with Crippen molar-refractivity contribution < 1.29 is 0 Å². The Morgan fingerprint density at radius 3 is 1.85 bits per heavy atom. The number of hydrogen-bond acceptors (Lipinski definition) is 1. The highest BCUT2D eigenvalue weighted by atomic mass is 14.9. The van der Waals surface area contributed by atoms with Crippen molar-refractivity contribution in [1.82, 2.24) is 0 Å². The molecule has 2 aromatic carbocycles. The first-order valence-electron chi connectivity index (χ1n) is 7.53. The Kier molecular flexibility index (Phi) is 5.23. The number of benzene rings is 2. The van der Waals surface area contributed by atoms with E-state index in [0.29, 0.717) is 12.0 Å². The Morgan fingerprint density at radius 2 is 1.30 bits per heavy atom. The van der Waals surface area contributed by atoms with Crippen molar-refractivity contribution in [2.45, 2.75) is 39.7 Å². The van der Waals surface area contributed by atoms with Crippen LogP contribution in [0.5, 0.6) is 0 Å². The third-order valence-corrected chi connectivity index (χ3v) is 3.42. The summed E-state index contributed by atoms with van der Waals surface area (Å²) in [5.74, 6) is 0.668. The van der Waals surface area contributed by atoms with Crippen molar-refractivity contribution in [1.29, 1.82) is 0 Å². The van der Waals surface area contributed by atoms with Gasteiger partial charge < -0.3 is 5.32 Å². The van der Waals surface area contributed by atoms with E-state index in [1.807, 2.05) is 0 Å². The summed E-state index contributed by atoms with van der Waals surface area (Å²) in [6.45, 7) is 6.65. The van der Waals surface area contributed by atoms with Gasteiger partial charge in [-0.05, 0) is 55.9 Å². The zero-order valence-corrected chi connectivity index (χ0v) is 12.8. The zero-order chi connectivity index (χ0) is 14.4. The normalized spacial score (nSPS) is 12.4. The van der Waals surface area contributed by atoms with Gasteiger partial charge in [0.05, 0.1) is 0 Å². The molecule has 106 valence electrons. The molecule has 0 saturated heterocycles. The van der Waals surface area contributed by atoms with Crippen molar-refractivity contribution in [3.05, 3.63) is 65.7 Å². The molecule has 1 atom stereocenters. The summed E-state index contributed by atoms with van der Waals surface area (Å²) in [6, 6.07) is 20.1. The fourth-order valence-corrected chi connectivity index (χ4v) is 2.56. The fraction of sp³-hybridized carbons (Fsp3) is 0.368. The molecule has 0 saturated carbocycles. The standard InChI is InChI=1S/C19H25N/c1-15(2)20-19-11-9-18(10-12-19)14-16(3)13-17-7-5-4-6-8-17/h4-12,15-16,20H,13-14H2,1-3H3. The van der Waals surface area contributed by atoms with Gasteiger partial charge in [0, 0.05) is 11.7 Å². The SMILES string of the molecule is CC(Cc1ccccc1)Cc1ccc(NC(C)C)cc1. The van der Waals surface area contributed by atoms with Gasteiger partial charge in [0.25, 0.3) is 0 Å². The van der Waals surface area contributed by atoms with E-state index in [1.54, 1.807) is 0 Å². The molecule has 0 heterocycles. The van der Waals surface area contributed by atoms with Crippen LogP contribution in [-0.4, -0.2) is 6.04 Å². The molecule has 20 heavy (non-hydrogen) atoms. The van der Waals surface area contributed by atoms with Gasteiger partial charge in [-0.1, -0.05) is 49.4 Å². The fourth-order valence-electron chi connectivity index (χ4n) is 2.56. The van der Waals surface area contributed by atoms with Gasteiger partial charge in [0.1, 0.15) is 0 Å². The van der Waals surface area contributed by atoms with Gasteiger partial charge in [-0.2, -0.15) is 0 Å². The molecule has 0 aliphatic rings. The van der Waals surface area contributed by atoms with Gasteiger partial charge >= 0.3 is 0 Å². The van der Waals surface area contributed by atoms with Crippen molar-refractivity contribution >= 4 is 5.69 Å². The van der Waals surface area contributed by atoms with Crippen LogP contribution in [0.1, 0.15) is 31.9 Å². The lowest BCUT2D eigenvalue weighted by atomic mass is 9.94. The zero-order valence-electron chi connectivity index (χ0n) is 12.8. The Labute approximate surface area is 123 Å². The van der Waals surface area contributed by atoms with Gasteiger partial charge in [-0.15, -0.1) is 0 Å². The molecule has 0 aromatic heterocycles. The molecule has 1 nitrogen and oxygen atoms in total. The molecule has 1 N–H and O–H groups in total. The van der Waals surface area contributed by atoms with Crippen molar-refractivity contribution in [3.8, 4) is 0 Å². The van der Waals surface area contributed by atoms with Gasteiger partial charge in [-0.25, -0.2) is 0 Å². The molecule has 1 heteroatoms. The van der Waals surface area contributed by atoms with E-state index < -0.39 is 0 Å². The van der Waals surface area contributed by atoms with Crippen molar-refractivity contribution in [3.63, 3.8) is 0 Å². The van der Waals surface area contributed by atoms with Crippen LogP contribution in [0, 0.1) is 5.92 Å². The molecule has 0 aliphatic carbocycles. The third kappa shape index (κ3) is 4.73. The lowest BCUT2D eigenvalue weighted by Gasteiger charge is -2.13. The predicted octanol–water partition coefficient (Wildman–Crippen LogP) is 4.93. The van der Waals surface area contributed by atoms with E-state index in [0.717, 1.165) is 12.8 Å². The molecule has 0 amide bonds. The minimum Gasteiger partial charge on any atom is -0.383 e. The summed E-state index contributed by atoms with van der Waals surface area (Å²) in [4.78, 5) is 0. The number of rotatable bonds is 6. The lowest BCUT2D eigenvalue weighted by Crippen LogP contribution is -2.09. The van der Waals surface area contributed by atoms with Gasteiger partial charge in [0.2, 0.25) is 0 Å². The molecule has 2 aromatic rings. The maximum absolute atomic E-state index is 3.43. The second-order valence-electron chi connectivity index (χ2n) is 5.99. The Bertz CT molecular complexity index is 499. The first-order valence-corrected chi connectivity index (χ1v) is 7.53. The summed E-state index contributed by atoms with van der Waals surface area (Å²) in [7, 11) is 0. The van der Waals surface area contributed by atoms with E-state index in [-0.39, 0.29) is 0 Å². The topological polar surface area (TPSA) is 12.0 Å². The van der Waals surface area contributed by atoms with Crippen LogP contribution in [0.25, 0.3) is 0 Å². The van der Waals surface area contributed by atoms with Crippen LogP contribution in [0.15, 0.2) is 54.6 Å². The Balaban J connectivity index is 1.89. The summed E-state index contributed by atoms with van der Waals surface area (Å²) in [5, 5.41) is 3.43. The lowest BCUT2D eigenvalue weighted by molar-refractivity contribution is 0.577. The average Bonchev–Trinajstić information content (AvgIpc) is 2.41. The van der Waals surface area contributed by atoms with Crippen LogP contribution in [0.2, 0.25) is 0 Å². The number of anilines is 1. The van der Waals surface area contributed by atoms with E-state index >= 15 is 0 Å². The smallest absolute Gasteiger partial charge is 0.0342 e. The minimum atomic E-state index is 0.484. The largest absolute Gasteiger partial charge is 0.383 e. The highest BCUT2D eigenvalue weighted by molar-refractivity contribution is 5.45. The van der Waals surface area contributed by atoms with E-state index in [4.69, 9.17) is 0 Å². The first-order chi connectivity index (χ1) is 9.63. The minimum absolute atomic E-state index is 0.484. The van der Waals surface area contributed by atoms with E-state index in [2.05, 4.69) is 80.7 Å². The first kappa shape index (κ1) is 14.6. The molecule has 0 aliphatic heterocycles. The van der Waals surface area contributed by atoms with Crippen LogP contribution >= 0.6 is 0 Å². The summed E-state index contributed by atoms with van der Waals surface area (Å²) >= 11 is 0. The highest BCUT2D eigenvalue weighted by Gasteiger charge is 2.05. The monoisotopic (exact) mass is 267 g/mol. The molecule has 2 rings (SSSR count). The van der Waals surface area contributed by atoms with Crippen LogP contribution in [-0.2, 0) is 12.8 Å². The Hall–Kier alpha value is -1.76. The predicted molar refractivity (Wildman–Crippen MR) is 88.2 cm³/mol. The van der Waals surface area contributed by atoms with Crippen LogP contribution in [0.4, 0.5) is 5.69 Å². The second kappa shape index (κ2) is 7.14. The third-order valence-electron chi connectivity index (χ3n) is 3.42. The number of hydrogen-bond donors (Lipinski definition) is 1. The highest BCUT2D eigenvalue weighted by Crippen LogP contribution is 2.17.